The lowest BCUT2D eigenvalue weighted by molar-refractivity contribution is -0.141. The molecule has 1 aromatic carbocycles. The fourth-order valence-corrected chi connectivity index (χ4v) is 1.92. The van der Waals surface area contributed by atoms with Crippen LogP contribution in [-0.2, 0) is 16.0 Å². The standard InChI is InChI=1S/C15H21NO3/c1-3-5-14(17)16-10-13(15(18)19)9-12-7-4-6-11(2)8-12/h4,6-8,13H,3,5,9-10H2,1-2H3,(H,16,17)(H,18,19). The van der Waals surface area contributed by atoms with Crippen molar-refractivity contribution in [2.24, 2.45) is 5.92 Å². The van der Waals surface area contributed by atoms with E-state index in [-0.39, 0.29) is 12.5 Å². The molecule has 0 spiro atoms. The van der Waals surface area contributed by atoms with Crippen molar-refractivity contribution in [1.29, 1.82) is 0 Å². The Hall–Kier alpha value is -1.84. The molecule has 0 heterocycles. The summed E-state index contributed by atoms with van der Waals surface area (Å²) in [5.74, 6) is -1.54. The van der Waals surface area contributed by atoms with E-state index in [1.165, 1.54) is 0 Å². The molecule has 1 aromatic rings. The van der Waals surface area contributed by atoms with Gasteiger partial charge in [0, 0.05) is 13.0 Å². The summed E-state index contributed by atoms with van der Waals surface area (Å²) in [6.07, 6.45) is 1.64. The van der Waals surface area contributed by atoms with Crippen LogP contribution in [0.2, 0.25) is 0 Å². The number of hydrogen-bond acceptors (Lipinski definition) is 2. The molecule has 1 atom stereocenters. The average molecular weight is 263 g/mol. The fraction of sp³-hybridized carbons (Fsp3) is 0.467. The molecule has 0 fully saturated rings. The van der Waals surface area contributed by atoms with Gasteiger partial charge in [-0.15, -0.1) is 0 Å². The van der Waals surface area contributed by atoms with Crippen LogP contribution in [0.15, 0.2) is 24.3 Å². The molecule has 0 aliphatic heterocycles. The summed E-state index contributed by atoms with van der Waals surface area (Å²) in [7, 11) is 0. The highest BCUT2D eigenvalue weighted by Gasteiger charge is 2.18. The minimum absolute atomic E-state index is 0.0852. The summed E-state index contributed by atoms with van der Waals surface area (Å²) in [6.45, 7) is 4.07. The third kappa shape index (κ3) is 5.55. The van der Waals surface area contributed by atoms with Crippen LogP contribution in [0.1, 0.15) is 30.9 Å². The number of carbonyl (C=O) groups is 2. The zero-order valence-electron chi connectivity index (χ0n) is 11.5. The van der Waals surface area contributed by atoms with Crippen molar-refractivity contribution in [3.8, 4) is 0 Å². The van der Waals surface area contributed by atoms with Gasteiger partial charge in [0.25, 0.3) is 0 Å². The molecule has 0 saturated carbocycles. The van der Waals surface area contributed by atoms with Crippen molar-refractivity contribution in [2.45, 2.75) is 33.1 Å². The molecular formula is C15H21NO3. The molecule has 104 valence electrons. The molecule has 2 N–H and O–H groups in total. The second-order valence-electron chi connectivity index (χ2n) is 4.78. The highest BCUT2D eigenvalue weighted by atomic mass is 16.4. The van der Waals surface area contributed by atoms with E-state index in [0.717, 1.165) is 17.5 Å². The van der Waals surface area contributed by atoms with Crippen LogP contribution >= 0.6 is 0 Å². The number of benzene rings is 1. The van der Waals surface area contributed by atoms with Crippen molar-refractivity contribution in [2.75, 3.05) is 6.54 Å². The van der Waals surface area contributed by atoms with Gasteiger partial charge in [-0.1, -0.05) is 36.8 Å². The molecule has 1 unspecified atom stereocenters. The second-order valence-corrected chi connectivity index (χ2v) is 4.78. The normalized spacial score (nSPS) is 11.9. The molecular weight excluding hydrogens is 242 g/mol. The van der Waals surface area contributed by atoms with Gasteiger partial charge in [0.15, 0.2) is 0 Å². The van der Waals surface area contributed by atoms with Crippen LogP contribution in [0, 0.1) is 12.8 Å². The smallest absolute Gasteiger partial charge is 0.308 e. The van der Waals surface area contributed by atoms with Crippen LogP contribution in [-0.4, -0.2) is 23.5 Å². The minimum atomic E-state index is -0.877. The fourth-order valence-electron chi connectivity index (χ4n) is 1.92. The largest absolute Gasteiger partial charge is 0.481 e. The summed E-state index contributed by atoms with van der Waals surface area (Å²) in [5.41, 5.74) is 2.09. The predicted molar refractivity (Wildman–Crippen MR) is 73.9 cm³/mol. The first-order valence-corrected chi connectivity index (χ1v) is 6.58. The maximum absolute atomic E-state index is 11.4. The van der Waals surface area contributed by atoms with Crippen LogP contribution in [0.25, 0.3) is 0 Å². The molecule has 0 saturated heterocycles. The van der Waals surface area contributed by atoms with Crippen LogP contribution in [0.3, 0.4) is 0 Å². The quantitative estimate of drug-likeness (QED) is 0.792. The number of nitrogens with one attached hydrogen (secondary N) is 1. The van der Waals surface area contributed by atoms with E-state index in [2.05, 4.69) is 5.32 Å². The molecule has 4 nitrogen and oxygen atoms in total. The highest BCUT2D eigenvalue weighted by Crippen LogP contribution is 2.11. The molecule has 1 amide bonds. The monoisotopic (exact) mass is 263 g/mol. The van der Waals surface area contributed by atoms with Crippen LogP contribution in [0.4, 0.5) is 0 Å². The van der Waals surface area contributed by atoms with Gasteiger partial charge in [-0.2, -0.15) is 0 Å². The van der Waals surface area contributed by atoms with Crippen molar-refractivity contribution >= 4 is 11.9 Å². The highest BCUT2D eigenvalue weighted by molar-refractivity contribution is 5.77. The van der Waals surface area contributed by atoms with E-state index in [9.17, 15) is 14.7 Å². The lowest BCUT2D eigenvalue weighted by atomic mass is 9.98. The van der Waals surface area contributed by atoms with Gasteiger partial charge < -0.3 is 10.4 Å². The van der Waals surface area contributed by atoms with E-state index >= 15 is 0 Å². The Labute approximate surface area is 113 Å². The van der Waals surface area contributed by atoms with Gasteiger partial charge in [-0.05, 0) is 25.3 Å². The van der Waals surface area contributed by atoms with Crippen LogP contribution < -0.4 is 5.32 Å². The average Bonchev–Trinajstić information content (AvgIpc) is 2.34. The first kappa shape index (κ1) is 15.2. The van der Waals surface area contributed by atoms with E-state index < -0.39 is 11.9 Å². The minimum Gasteiger partial charge on any atom is -0.481 e. The van der Waals surface area contributed by atoms with Crippen molar-refractivity contribution < 1.29 is 14.7 Å². The number of aryl methyl sites for hydroxylation is 1. The number of carboxylic acid groups (broad SMARTS) is 1. The maximum Gasteiger partial charge on any atom is 0.308 e. The Morgan fingerprint density at radius 2 is 2.11 bits per heavy atom. The van der Waals surface area contributed by atoms with E-state index in [1.54, 1.807) is 0 Å². The van der Waals surface area contributed by atoms with E-state index in [4.69, 9.17) is 0 Å². The SMILES string of the molecule is CCCC(=O)NCC(Cc1cccc(C)c1)C(=O)O. The van der Waals surface area contributed by atoms with Crippen molar-refractivity contribution in [3.63, 3.8) is 0 Å². The maximum atomic E-state index is 11.4. The van der Waals surface area contributed by atoms with Gasteiger partial charge in [-0.3, -0.25) is 9.59 Å². The molecule has 0 aliphatic rings. The van der Waals surface area contributed by atoms with Crippen LogP contribution in [0.5, 0.6) is 0 Å². The Morgan fingerprint density at radius 3 is 2.68 bits per heavy atom. The number of aliphatic carboxylic acids is 1. The predicted octanol–water partition coefficient (Wildman–Crippen LogP) is 2.15. The molecule has 19 heavy (non-hydrogen) atoms. The summed E-state index contributed by atoms with van der Waals surface area (Å²) >= 11 is 0. The van der Waals surface area contributed by atoms with Gasteiger partial charge in [0.2, 0.25) is 5.91 Å². The topological polar surface area (TPSA) is 66.4 Å². The lowest BCUT2D eigenvalue weighted by Gasteiger charge is -2.13. The van der Waals surface area contributed by atoms with E-state index in [1.807, 2.05) is 38.1 Å². The Bertz CT molecular complexity index is 443. The number of amides is 1. The zero-order valence-corrected chi connectivity index (χ0v) is 11.5. The summed E-state index contributed by atoms with van der Waals surface area (Å²) in [5, 5.41) is 11.9. The van der Waals surface area contributed by atoms with E-state index in [0.29, 0.717) is 12.8 Å². The van der Waals surface area contributed by atoms with Crippen molar-refractivity contribution in [3.05, 3.63) is 35.4 Å². The summed E-state index contributed by atoms with van der Waals surface area (Å²) in [6, 6.07) is 7.78. The molecule has 0 radical (unpaired) electrons. The summed E-state index contributed by atoms with van der Waals surface area (Å²) < 4.78 is 0. The summed E-state index contributed by atoms with van der Waals surface area (Å²) in [4.78, 5) is 22.6. The molecule has 0 aliphatic carbocycles. The number of rotatable bonds is 7. The van der Waals surface area contributed by atoms with Gasteiger partial charge in [-0.25, -0.2) is 0 Å². The Morgan fingerprint density at radius 1 is 1.37 bits per heavy atom. The first-order valence-electron chi connectivity index (χ1n) is 6.58. The molecule has 0 aromatic heterocycles. The third-order valence-corrected chi connectivity index (χ3v) is 2.94. The third-order valence-electron chi connectivity index (χ3n) is 2.94. The van der Waals surface area contributed by atoms with Gasteiger partial charge >= 0.3 is 5.97 Å². The number of carbonyl (C=O) groups excluding carboxylic acids is 1. The van der Waals surface area contributed by atoms with Crippen molar-refractivity contribution in [1.82, 2.24) is 5.32 Å². The Kier molecular flexibility index (Phi) is 6.06. The number of carboxylic acids is 1. The van der Waals surface area contributed by atoms with Gasteiger partial charge in [0.05, 0.1) is 5.92 Å². The number of hydrogen-bond donors (Lipinski definition) is 2. The molecule has 0 bridgehead atoms. The van der Waals surface area contributed by atoms with Gasteiger partial charge in [0.1, 0.15) is 0 Å². The first-order chi connectivity index (χ1) is 9.02. The molecule has 1 rings (SSSR count). The zero-order chi connectivity index (χ0) is 14.3. The second kappa shape index (κ2) is 7.56. The Balaban J connectivity index is 2.58. The molecule has 4 heteroatoms. The lowest BCUT2D eigenvalue weighted by Crippen LogP contribution is -2.33.